The van der Waals surface area contributed by atoms with Crippen molar-refractivity contribution in [2.24, 2.45) is 21.6 Å². The number of anilines is 1. The topological polar surface area (TPSA) is 214 Å². The van der Waals surface area contributed by atoms with Crippen LogP contribution in [0.2, 0.25) is 15.1 Å². The summed E-state index contributed by atoms with van der Waals surface area (Å²) in [6.45, 7) is 17.4. The molecule has 0 unspecified atom stereocenters. The Kier molecular flexibility index (Phi) is 18.1. The third-order valence-corrected chi connectivity index (χ3v) is 18.5. The first-order valence-electron chi connectivity index (χ1n) is 24.7. The fourth-order valence-electron chi connectivity index (χ4n) is 8.81. The van der Waals surface area contributed by atoms with E-state index in [4.69, 9.17) is 56.3 Å². The normalized spacial score (nSPS) is 15.9. The van der Waals surface area contributed by atoms with Crippen molar-refractivity contribution in [1.82, 2.24) is 20.2 Å². The Morgan fingerprint density at radius 2 is 1.09 bits per heavy atom. The number of aryl methyl sites for hydroxylation is 4. The molecular formula is C57H61Cl4N9O4S3. The zero-order chi connectivity index (χ0) is 55.2. The Hall–Kier alpha value is -5.40. The molecule has 77 heavy (non-hydrogen) atoms. The molecule has 3 saturated carbocycles. The number of fused-ring (bicyclic) bond motifs is 5. The maximum absolute atomic E-state index is 12.6. The van der Waals surface area contributed by atoms with Crippen LogP contribution in [0.1, 0.15) is 138 Å². The van der Waals surface area contributed by atoms with Gasteiger partial charge in [-0.15, -0.1) is 56.6 Å². The van der Waals surface area contributed by atoms with E-state index in [1.165, 1.54) is 55.3 Å². The van der Waals surface area contributed by atoms with Gasteiger partial charge in [-0.05, 0) is 159 Å². The summed E-state index contributed by atoms with van der Waals surface area (Å²) < 4.78 is 2.22. The van der Waals surface area contributed by atoms with Crippen molar-refractivity contribution in [2.45, 2.75) is 124 Å². The Labute approximate surface area is 482 Å². The molecular weight excluding hydrogens is 1110 g/mol. The average molecular weight is 1170 g/mol. The Bertz CT molecular complexity index is 3470. The first-order chi connectivity index (χ1) is 35.9. The molecule has 7 aromatic rings. The van der Waals surface area contributed by atoms with E-state index < -0.39 is 5.54 Å². The summed E-state index contributed by atoms with van der Waals surface area (Å²) in [7, 11) is 0. The highest BCUT2D eigenvalue weighted by Gasteiger charge is 2.52. The van der Waals surface area contributed by atoms with Gasteiger partial charge in [-0.25, -0.2) is 5.84 Å². The molecule has 0 bridgehead atoms. The van der Waals surface area contributed by atoms with Crippen LogP contribution in [0.25, 0.3) is 5.00 Å². The number of benzene rings is 3. The summed E-state index contributed by atoms with van der Waals surface area (Å²) in [4.78, 5) is 59.9. The number of aromatic nitrogens is 3. The number of Topliss-reactive ketones (excluding diaryl/α,β-unsaturated/α-hetero) is 2. The molecule has 2 aliphatic heterocycles. The highest BCUT2D eigenvalue weighted by atomic mass is 35.5. The minimum absolute atomic E-state index is 0. The van der Waals surface area contributed by atoms with E-state index in [0.717, 1.165) is 93.1 Å². The van der Waals surface area contributed by atoms with E-state index in [9.17, 15) is 19.2 Å². The van der Waals surface area contributed by atoms with Crippen LogP contribution in [-0.4, -0.2) is 60.5 Å². The third-order valence-electron chi connectivity index (χ3n) is 14.4. The average Bonchev–Trinajstić information content (AvgIpc) is 4.37. The largest absolute Gasteiger partial charge is 0.390 e. The number of nitrogen functional groups attached to an aromatic ring is 1. The predicted octanol–water partition coefficient (Wildman–Crippen LogP) is 12.6. The summed E-state index contributed by atoms with van der Waals surface area (Å²) in [6.07, 6.45) is 6.12. The number of rotatable bonds is 5. The minimum atomic E-state index is -0.450. The number of carbonyl (C=O) groups excluding carboxylic acids is 4. The summed E-state index contributed by atoms with van der Waals surface area (Å²) in [5.41, 5.74) is 23.4. The molecule has 404 valence electrons. The van der Waals surface area contributed by atoms with Gasteiger partial charge in [-0.2, -0.15) is 0 Å². The number of nitrogens with two attached hydrogens (primary N) is 3. The molecule has 5 aliphatic rings. The van der Waals surface area contributed by atoms with Crippen LogP contribution >= 0.6 is 81.2 Å². The molecule has 3 aliphatic carbocycles. The van der Waals surface area contributed by atoms with Gasteiger partial charge in [0.1, 0.15) is 27.7 Å². The fourth-order valence-corrected chi connectivity index (χ4v) is 12.5. The minimum Gasteiger partial charge on any atom is -0.390 e. The number of ketones is 3. The lowest BCUT2D eigenvalue weighted by molar-refractivity contribution is -0.120. The molecule has 20 heteroatoms. The first kappa shape index (κ1) is 59.3. The van der Waals surface area contributed by atoms with Crippen molar-refractivity contribution < 1.29 is 19.2 Å². The van der Waals surface area contributed by atoms with Gasteiger partial charge in [0, 0.05) is 75.7 Å². The third kappa shape index (κ3) is 12.6. The van der Waals surface area contributed by atoms with E-state index in [0.29, 0.717) is 32.6 Å². The van der Waals surface area contributed by atoms with Gasteiger partial charge in [0.2, 0.25) is 5.91 Å². The molecule has 4 aromatic heterocycles. The maximum Gasteiger partial charge on any atom is 0.230 e. The lowest BCUT2D eigenvalue weighted by atomic mass is 9.98. The quantitative estimate of drug-likeness (QED) is 0.0557. The van der Waals surface area contributed by atoms with E-state index >= 15 is 0 Å². The number of aliphatic imine (C=N–C) groups is 2. The van der Waals surface area contributed by atoms with Crippen LogP contribution in [0.15, 0.2) is 82.8 Å². The van der Waals surface area contributed by atoms with Crippen LogP contribution in [0.4, 0.5) is 5.00 Å². The van der Waals surface area contributed by atoms with Crippen LogP contribution in [0.5, 0.6) is 0 Å². The summed E-state index contributed by atoms with van der Waals surface area (Å²) in [5.74, 6) is 6.63. The Morgan fingerprint density at radius 1 is 0.636 bits per heavy atom. The van der Waals surface area contributed by atoms with E-state index in [2.05, 4.69) is 60.4 Å². The van der Waals surface area contributed by atoms with Crippen molar-refractivity contribution in [3.63, 3.8) is 0 Å². The van der Waals surface area contributed by atoms with Crippen LogP contribution in [0, 0.1) is 48.5 Å². The number of carbonyl (C=O) groups is 4. The van der Waals surface area contributed by atoms with Gasteiger partial charge in [0.25, 0.3) is 0 Å². The molecule has 0 radical (unpaired) electrons. The second-order valence-corrected chi connectivity index (χ2v) is 24.9. The lowest BCUT2D eigenvalue weighted by Crippen LogP contribution is -2.30. The van der Waals surface area contributed by atoms with Gasteiger partial charge < -0.3 is 11.5 Å². The standard InChI is InChI=1S/C19H17ClN4S.C18H16ClNOS.C13H12ClNOS.C5H9NO.C2H6N2O.ClH/c1-10-11(2)25-17-15(10)16(13-4-6-14(20)7-5-13)21-19(8-9-19)18-23-22-12(3)24(17)18;1-10-11(2)22-14-9-15(21)18(7-8-18)20-17(16(10)14)12-3-5-13(19)6-4-12;1-7-8(2)17-13(15)11(7)12(16)9-3-5-10(14)6-4-9;1-4(7)5(6)2-3-5;1-2(5)4-3;/h4-7H,8-9H2,1-3H3;3-6H,7-9H2,1-2H3;3-6H,15H2,1-2H3;2-3,6H2,1H3;3H2,1H3,(H,4,5);1H. The summed E-state index contributed by atoms with van der Waals surface area (Å²) in [6, 6.07) is 22.6. The van der Waals surface area contributed by atoms with E-state index in [-0.39, 0.29) is 46.7 Å². The van der Waals surface area contributed by atoms with Crippen molar-refractivity contribution in [2.75, 3.05) is 5.73 Å². The second-order valence-electron chi connectivity index (χ2n) is 19.8. The van der Waals surface area contributed by atoms with Crippen LogP contribution < -0.4 is 22.7 Å². The van der Waals surface area contributed by atoms with Crippen LogP contribution in [-0.2, 0) is 26.3 Å². The van der Waals surface area contributed by atoms with Crippen LogP contribution in [0.3, 0.4) is 0 Å². The number of halogens is 4. The molecule has 2 spiro atoms. The van der Waals surface area contributed by atoms with Gasteiger partial charge in [0.05, 0.1) is 27.5 Å². The molecule has 12 rings (SSSR count). The lowest BCUT2D eigenvalue weighted by Gasteiger charge is -2.10. The number of amides is 1. The number of nitrogens with one attached hydrogen (secondary N) is 1. The van der Waals surface area contributed by atoms with Crippen molar-refractivity contribution >= 4 is 121 Å². The molecule has 1 amide bonds. The monoisotopic (exact) mass is 1170 g/mol. The van der Waals surface area contributed by atoms with Gasteiger partial charge >= 0.3 is 0 Å². The maximum atomic E-state index is 12.6. The Balaban J connectivity index is 0.000000152. The molecule has 3 fully saturated rings. The second kappa shape index (κ2) is 23.5. The molecule has 3 aromatic carbocycles. The predicted molar refractivity (Wildman–Crippen MR) is 318 cm³/mol. The van der Waals surface area contributed by atoms with Gasteiger partial charge in [-0.1, -0.05) is 59.1 Å². The zero-order valence-electron chi connectivity index (χ0n) is 44.2. The van der Waals surface area contributed by atoms with Gasteiger partial charge in [-0.3, -0.25) is 39.2 Å². The van der Waals surface area contributed by atoms with Crippen molar-refractivity contribution in [3.05, 3.63) is 169 Å². The molecule has 0 saturated heterocycles. The fraction of sp³-hybridized carbons (Fsp3) is 0.333. The Morgan fingerprint density at radius 3 is 1.53 bits per heavy atom. The molecule has 13 nitrogen and oxygen atoms in total. The number of hydrogen-bond acceptors (Lipinski definition) is 14. The number of hydrazine groups is 1. The smallest absolute Gasteiger partial charge is 0.230 e. The van der Waals surface area contributed by atoms with E-state index in [1.807, 2.05) is 62.6 Å². The van der Waals surface area contributed by atoms with Crippen molar-refractivity contribution in [3.8, 4) is 5.00 Å². The van der Waals surface area contributed by atoms with Crippen molar-refractivity contribution in [1.29, 1.82) is 0 Å². The highest BCUT2D eigenvalue weighted by Crippen LogP contribution is 2.53. The van der Waals surface area contributed by atoms with E-state index in [1.54, 1.807) is 53.9 Å². The summed E-state index contributed by atoms with van der Waals surface area (Å²) >= 11 is 22.9. The number of thiophene rings is 3. The first-order valence-corrected chi connectivity index (χ1v) is 28.3. The summed E-state index contributed by atoms with van der Waals surface area (Å²) in [5, 5.41) is 12.7. The molecule has 0 atom stereocenters. The highest BCUT2D eigenvalue weighted by molar-refractivity contribution is 7.16. The molecule has 7 N–H and O–H groups in total. The number of hydrogen-bond donors (Lipinski definition) is 4. The van der Waals surface area contributed by atoms with Gasteiger partial charge in [0.15, 0.2) is 17.4 Å². The SMILES string of the molecule is CC(=O)C1(N)CC1.CC(=O)NN.Cc1sc(N)c(C(=O)c2ccc(Cl)cc2)c1C.Cc1sc2c(c1C)C(c1ccc(Cl)cc1)=NC1(CC1)C(=O)C2.Cc1sc2c(c1C)C(c1ccc(Cl)cc1)=NC1(CC1)c1nnc(C)n1-2.Cl. The number of nitrogens with zero attached hydrogens (tertiary/aromatic N) is 5. The zero-order valence-corrected chi connectivity index (χ0v) is 49.8. The molecule has 6 heterocycles.